The van der Waals surface area contributed by atoms with Gasteiger partial charge >= 0.3 is 0 Å². The van der Waals surface area contributed by atoms with Crippen LogP contribution in [-0.2, 0) is 16.0 Å². The Balaban J connectivity index is 2.44. The van der Waals surface area contributed by atoms with Crippen LogP contribution in [0.5, 0.6) is 0 Å². The minimum atomic E-state index is -0.398. The molecule has 1 aromatic rings. The SMILES string of the molecule is CC(C)(C)C(CCO)NC(=O)CNC(=O)Cc1cccc(F)c1. The number of carbonyl (C=O) groups is 2. The van der Waals surface area contributed by atoms with E-state index >= 15 is 0 Å². The second kappa shape index (κ2) is 8.62. The quantitative estimate of drug-likeness (QED) is 0.709. The van der Waals surface area contributed by atoms with Crippen LogP contribution in [0.4, 0.5) is 4.39 Å². The number of halogens is 1. The molecule has 5 nitrogen and oxygen atoms in total. The molecule has 128 valence electrons. The van der Waals surface area contributed by atoms with E-state index in [9.17, 15) is 14.0 Å². The zero-order chi connectivity index (χ0) is 17.5. The number of hydrogen-bond donors (Lipinski definition) is 3. The van der Waals surface area contributed by atoms with Crippen molar-refractivity contribution in [1.29, 1.82) is 0 Å². The number of rotatable bonds is 7. The highest BCUT2D eigenvalue weighted by Crippen LogP contribution is 2.21. The van der Waals surface area contributed by atoms with Gasteiger partial charge in [-0.1, -0.05) is 32.9 Å². The third kappa shape index (κ3) is 7.23. The number of aliphatic hydroxyl groups excluding tert-OH is 1. The van der Waals surface area contributed by atoms with Crippen LogP contribution in [0.1, 0.15) is 32.8 Å². The van der Waals surface area contributed by atoms with Crippen molar-refractivity contribution in [3.63, 3.8) is 0 Å². The van der Waals surface area contributed by atoms with E-state index in [-0.39, 0.29) is 42.8 Å². The van der Waals surface area contributed by atoms with Gasteiger partial charge in [0.15, 0.2) is 0 Å². The lowest BCUT2D eigenvalue weighted by molar-refractivity contribution is -0.126. The fourth-order valence-electron chi connectivity index (χ4n) is 2.17. The van der Waals surface area contributed by atoms with Crippen LogP contribution >= 0.6 is 0 Å². The summed E-state index contributed by atoms with van der Waals surface area (Å²) in [5, 5.41) is 14.4. The maximum Gasteiger partial charge on any atom is 0.239 e. The molecule has 6 heteroatoms. The molecule has 0 spiro atoms. The molecular weight excluding hydrogens is 299 g/mol. The fourth-order valence-corrected chi connectivity index (χ4v) is 2.17. The van der Waals surface area contributed by atoms with E-state index < -0.39 is 5.82 Å². The molecular formula is C17H25FN2O3. The van der Waals surface area contributed by atoms with Crippen LogP contribution < -0.4 is 10.6 Å². The molecule has 3 N–H and O–H groups in total. The third-order valence-corrected chi connectivity index (χ3v) is 3.50. The van der Waals surface area contributed by atoms with Gasteiger partial charge in [-0.25, -0.2) is 4.39 Å². The molecule has 0 radical (unpaired) electrons. The summed E-state index contributed by atoms with van der Waals surface area (Å²) in [7, 11) is 0. The fraction of sp³-hybridized carbons (Fsp3) is 0.529. The summed E-state index contributed by atoms with van der Waals surface area (Å²) in [6.45, 7) is 5.74. The average Bonchev–Trinajstić information content (AvgIpc) is 2.44. The summed E-state index contributed by atoms with van der Waals surface area (Å²) in [6, 6.07) is 5.60. The van der Waals surface area contributed by atoms with Gasteiger partial charge in [0.05, 0.1) is 13.0 Å². The molecule has 1 unspecified atom stereocenters. The van der Waals surface area contributed by atoms with E-state index in [2.05, 4.69) is 10.6 Å². The Morgan fingerprint density at radius 3 is 2.52 bits per heavy atom. The Morgan fingerprint density at radius 1 is 1.26 bits per heavy atom. The highest BCUT2D eigenvalue weighted by atomic mass is 19.1. The van der Waals surface area contributed by atoms with Gasteiger partial charge in [-0.05, 0) is 29.5 Å². The van der Waals surface area contributed by atoms with Gasteiger partial charge in [-0.15, -0.1) is 0 Å². The first-order valence-electron chi connectivity index (χ1n) is 7.63. The van der Waals surface area contributed by atoms with Gasteiger partial charge in [0, 0.05) is 12.6 Å². The molecule has 0 heterocycles. The maximum atomic E-state index is 13.0. The Bertz CT molecular complexity index is 541. The second-order valence-corrected chi connectivity index (χ2v) is 6.58. The second-order valence-electron chi connectivity index (χ2n) is 6.58. The monoisotopic (exact) mass is 324 g/mol. The van der Waals surface area contributed by atoms with Crippen LogP contribution in [0.25, 0.3) is 0 Å². The van der Waals surface area contributed by atoms with Gasteiger partial charge in [0.25, 0.3) is 0 Å². The lowest BCUT2D eigenvalue weighted by Crippen LogP contribution is -2.48. The number of amides is 2. The van der Waals surface area contributed by atoms with E-state index in [1.807, 2.05) is 20.8 Å². The Hall–Kier alpha value is -1.95. The van der Waals surface area contributed by atoms with E-state index in [4.69, 9.17) is 5.11 Å². The minimum Gasteiger partial charge on any atom is -0.396 e. The predicted octanol–water partition coefficient (Wildman–Crippen LogP) is 1.40. The highest BCUT2D eigenvalue weighted by molar-refractivity contribution is 5.85. The normalized spacial score (nSPS) is 12.6. The number of aliphatic hydroxyl groups is 1. The van der Waals surface area contributed by atoms with Crippen LogP contribution in [0.2, 0.25) is 0 Å². The Morgan fingerprint density at radius 2 is 1.96 bits per heavy atom. The molecule has 1 aromatic carbocycles. The molecule has 0 bridgehead atoms. The van der Waals surface area contributed by atoms with Crippen molar-refractivity contribution >= 4 is 11.8 Å². The first kappa shape index (κ1) is 19.1. The molecule has 0 saturated heterocycles. The minimum absolute atomic E-state index is 0.0182. The first-order valence-corrected chi connectivity index (χ1v) is 7.63. The largest absolute Gasteiger partial charge is 0.396 e. The summed E-state index contributed by atoms with van der Waals surface area (Å²) < 4.78 is 13.0. The van der Waals surface area contributed by atoms with Gasteiger partial charge in [0.1, 0.15) is 5.82 Å². The van der Waals surface area contributed by atoms with Crippen molar-refractivity contribution < 1.29 is 19.1 Å². The van der Waals surface area contributed by atoms with Gasteiger partial charge < -0.3 is 15.7 Å². The first-order chi connectivity index (χ1) is 10.7. The lowest BCUT2D eigenvalue weighted by Gasteiger charge is -2.31. The molecule has 0 fully saturated rings. The predicted molar refractivity (Wildman–Crippen MR) is 86.2 cm³/mol. The number of nitrogens with one attached hydrogen (secondary N) is 2. The topological polar surface area (TPSA) is 78.4 Å². The zero-order valence-corrected chi connectivity index (χ0v) is 13.9. The molecule has 23 heavy (non-hydrogen) atoms. The van der Waals surface area contributed by atoms with Crippen molar-refractivity contribution in [1.82, 2.24) is 10.6 Å². The molecule has 0 aliphatic heterocycles. The number of hydrogen-bond acceptors (Lipinski definition) is 3. The zero-order valence-electron chi connectivity index (χ0n) is 13.9. The van der Waals surface area contributed by atoms with E-state index in [0.717, 1.165) is 0 Å². The smallest absolute Gasteiger partial charge is 0.239 e. The van der Waals surface area contributed by atoms with E-state index in [1.54, 1.807) is 6.07 Å². The molecule has 2 amide bonds. The molecule has 1 rings (SSSR count). The van der Waals surface area contributed by atoms with Crippen LogP contribution in [0, 0.1) is 11.2 Å². The van der Waals surface area contributed by atoms with Gasteiger partial charge in [0.2, 0.25) is 11.8 Å². The summed E-state index contributed by atoms with van der Waals surface area (Å²) in [6.07, 6.45) is 0.469. The summed E-state index contributed by atoms with van der Waals surface area (Å²) in [5.41, 5.74) is 0.361. The van der Waals surface area contributed by atoms with E-state index in [0.29, 0.717) is 12.0 Å². The van der Waals surface area contributed by atoms with Crippen LogP contribution in [-0.4, -0.2) is 36.1 Å². The molecule has 0 aromatic heterocycles. The molecule has 0 saturated carbocycles. The summed E-state index contributed by atoms with van der Waals surface area (Å²) in [4.78, 5) is 23.7. The number of benzene rings is 1. The number of carbonyl (C=O) groups excluding carboxylic acids is 2. The highest BCUT2D eigenvalue weighted by Gasteiger charge is 2.25. The van der Waals surface area contributed by atoms with Crippen molar-refractivity contribution in [2.75, 3.05) is 13.2 Å². The average molecular weight is 324 g/mol. The summed E-state index contributed by atoms with van der Waals surface area (Å²) >= 11 is 0. The Kier molecular flexibility index (Phi) is 7.16. The van der Waals surface area contributed by atoms with Crippen molar-refractivity contribution in [3.8, 4) is 0 Å². The standard InChI is InChI=1S/C17H25FN2O3/c1-17(2,3)14(7-8-21)20-16(23)11-19-15(22)10-12-5-4-6-13(18)9-12/h4-6,9,14,21H,7-8,10-11H2,1-3H3,(H,19,22)(H,20,23). The van der Waals surface area contributed by atoms with Gasteiger partial charge in [-0.3, -0.25) is 9.59 Å². The van der Waals surface area contributed by atoms with E-state index in [1.165, 1.54) is 18.2 Å². The molecule has 1 atom stereocenters. The summed E-state index contributed by atoms with van der Waals surface area (Å²) in [5.74, 6) is -1.06. The third-order valence-electron chi connectivity index (χ3n) is 3.50. The molecule has 0 aliphatic rings. The van der Waals surface area contributed by atoms with Crippen molar-refractivity contribution in [2.24, 2.45) is 5.41 Å². The maximum absolute atomic E-state index is 13.0. The molecule has 0 aliphatic carbocycles. The van der Waals surface area contributed by atoms with Crippen LogP contribution in [0.3, 0.4) is 0 Å². The van der Waals surface area contributed by atoms with Crippen molar-refractivity contribution in [2.45, 2.75) is 39.7 Å². The van der Waals surface area contributed by atoms with Gasteiger partial charge in [-0.2, -0.15) is 0 Å². The Labute approximate surface area is 136 Å². The van der Waals surface area contributed by atoms with Crippen molar-refractivity contribution in [3.05, 3.63) is 35.6 Å². The van der Waals surface area contributed by atoms with Crippen LogP contribution in [0.15, 0.2) is 24.3 Å². The lowest BCUT2D eigenvalue weighted by atomic mass is 9.85.